The van der Waals surface area contributed by atoms with E-state index >= 15 is 0 Å². The van der Waals surface area contributed by atoms with E-state index in [4.69, 9.17) is 5.73 Å². The number of rotatable bonds is 5. The van der Waals surface area contributed by atoms with Crippen molar-refractivity contribution in [2.24, 2.45) is 0 Å². The number of nitrogens with zero attached hydrogens (tertiary/aromatic N) is 1. The predicted octanol–water partition coefficient (Wildman–Crippen LogP) is 2.25. The molecule has 2 rings (SSSR count). The van der Waals surface area contributed by atoms with Crippen LogP contribution in [0.25, 0.3) is 0 Å². The van der Waals surface area contributed by atoms with E-state index in [0.29, 0.717) is 11.4 Å². The number of anilines is 1. The van der Waals surface area contributed by atoms with Crippen LogP contribution in [-0.2, 0) is 23.0 Å². The van der Waals surface area contributed by atoms with Crippen molar-refractivity contribution in [2.75, 3.05) is 5.73 Å². The minimum absolute atomic E-state index is 0.459. The Morgan fingerprint density at radius 1 is 1.33 bits per heavy atom. The number of aromatic amines is 1. The van der Waals surface area contributed by atoms with Crippen LogP contribution >= 0.6 is 0 Å². The molecule has 1 aromatic heterocycles. The first kappa shape index (κ1) is 12.8. The molecular formula is C13H17N3OS. The lowest BCUT2D eigenvalue weighted by Gasteiger charge is -2.01. The van der Waals surface area contributed by atoms with Crippen molar-refractivity contribution in [3.05, 3.63) is 42.0 Å². The molecule has 0 saturated carbocycles. The van der Waals surface area contributed by atoms with Crippen molar-refractivity contribution in [2.45, 2.75) is 30.4 Å². The molecule has 0 spiro atoms. The Morgan fingerprint density at radius 3 is 2.72 bits per heavy atom. The Kier molecular flexibility index (Phi) is 4.15. The Morgan fingerprint density at radius 2 is 2.06 bits per heavy atom. The highest BCUT2D eigenvalue weighted by molar-refractivity contribution is 7.84. The molecule has 0 fully saturated rings. The minimum atomic E-state index is -1.06. The van der Waals surface area contributed by atoms with Crippen LogP contribution in [0.3, 0.4) is 0 Å². The second-order valence-corrected chi connectivity index (χ2v) is 5.62. The lowest BCUT2D eigenvalue weighted by molar-refractivity contribution is 0.682. The minimum Gasteiger partial charge on any atom is -0.399 e. The maximum Gasteiger partial charge on any atom is 0.106 e. The van der Waals surface area contributed by atoms with Gasteiger partial charge in [0.1, 0.15) is 5.82 Å². The molecule has 3 N–H and O–H groups in total. The van der Waals surface area contributed by atoms with Gasteiger partial charge < -0.3 is 10.7 Å². The van der Waals surface area contributed by atoms with Crippen LogP contribution in [0.5, 0.6) is 0 Å². The number of nitrogens with two attached hydrogens (primary N) is 1. The predicted molar refractivity (Wildman–Crippen MR) is 73.5 cm³/mol. The average Bonchev–Trinajstić information content (AvgIpc) is 2.78. The molecule has 0 bridgehead atoms. The van der Waals surface area contributed by atoms with Gasteiger partial charge in [0.05, 0.1) is 16.6 Å². The van der Waals surface area contributed by atoms with Crippen molar-refractivity contribution in [3.63, 3.8) is 0 Å². The smallest absolute Gasteiger partial charge is 0.106 e. The molecule has 96 valence electrons. The number of benzene rings is 1. The van der Waals surface area contributed by atoms with Crippen molar-refractivity contribution in [3.8, 4) is 0 Å². The van der Waals surface area contributed by atoms with Crippen LogP contribution in [-0.4, -0.2) is 14.2 Å². The Balaban J connectivity index is 2.04. The summed E-state index contributed by atoms with van der Waals surface area (Å²) < 4.78 is 12.1. The number of nitrogen functional groups attached to an aromatic ring is 1. The van der Waals surface area contributed by atoms with Gasteiger partial charge in [0.25, 0.3) is 0 Å². The van der Waals surface area contributed by atoms with Gasteiger partial charge in [-0.25, -0.2) is 4.98 Å². The van der Waals surface area contributed by atoms with Crippen molar-refractivity contribution in [1.82, 2.24) is 9.97 Å². The highest BCUT2D eigenvalue weighted by Crippen LogP contribution is 2.13. The molecule has 0 aliphatic heterocycles. The summed E-state index contributed by atoms with van der Waals surface area (Å²) in [5.41, 5.74) is 7.19. The van der Waals surface area contributed by atoms with Crippen molar-refractivity contribution in [1.29, 1.82) is 0 Å². The van der Waals surface area contributed by atoms with Crippen LogP contribution < -0.4 is 5.73 Å². The molecule has 0 aliphatic carbocycles. The molecule has 1 heterocycles. The molecule has 4 nitrogen and oxygen atoms in total. The molecule has 0 amide bonds. The summed E-state index contributed by atoms with van der Waals surface area (Å²) in [6.45, 7) is 2.11. The molecule has 1 aromatic carbocycles. The molecule has 18 heavy (non-hydrogen) atoms. The highest BCUT2D eigenvalue weighted by atomic mass is 32.2. The van der Waals surface area contributed by atoms with E-state index in [1.54, 1.807) is 30.5 Å². The van der Waals surface area contributed by atoms with Crippen LogP contribution in [0.1, 0.15) is 24.9 Å². The van der Waals surface area contributed by atoms with E-state index in [1.807, 2.05) is 0 Å². The van der Waals surface area contributed by atoms with Gasteiger partial charge in [0, 0.05) is 28.9 Å². The molecule has 0 aliphatic rings. The zero-order chi connectivity index (χ0) is 13.0. The summed E-state index contributed by atoms with van der Waals surface area (Å²) >= 11 is 0. The maximum atomic E-state index is 12.1. The number of hydrogen-bond donors (Lipinski definition) is 2. The highest BCUT2D eigenvalue weighted by Gasteiger charge is 2.07. The van der Waals surface area contributed by atoms with E-state index in [2.05, 4.69) is 16.9 Å². The number of hydrogen-bond acceptors (Lipinski definition) is 3. The average molecular weight is 263 g/mol. The maximum absolute atomic E-state index is 12.1. The fraction of sp³-hybridized carbons (Fsp3) is 0.308. The van der Waals surface area contributed by atoms with Gasteiger partial charge in [-0.3, -0.25) is 4.21 Å². The van der Waals surface area contributed by atoms with E-state index in [1.165, 1.54) is 0 Å². The molecule has 0 saturated heterocycles. The second kappa shape index (κ2) is 5.82. The molecule has 0 radical (unpaired) electrons. The van der Waals surface area contributed by atoms with E-state index in [9.17, 15) is 4.21 Å². The van der Waals surface area contributed by atoms with Gasteiger partial charge in [-0.05, 0) is 30.7 Å². The SMILES string of the molecule is CCCc1ncc(CS(=O)c2ccc(N)cc2)[nH]1. The van der Waals surface area contributed by atoms with Crippen molar-refractivity contribution >= 4 is 16.5 Å². The molecular weight excluding hydrogens is 246 g/mol. The van der Waals surface area contributed by atoms with Gasteiger partial charge in [-0.1, -0.05) is 6.92 Å². The van der Waals surface area contributed by atoms with Crippen LogP contribution in [0.4, 0.5) is 5.69 Å². The topological polar surface area (TPSA) is 71.8 Å². The molecule has 2 aromatic rings. The summed E-state index contributed by atoms with van der Waals surface area (Å²) in [4.78, 5) is 8.24. The second-order valence-electron chi connectivity index (χ2n) is 4.16. The van der Waals surface area contributed by atoms with Gasteiger partial charge in [0.2, 0.25) is 0 Å². The molecule has 1 unspecified atom stereocenters. The third-order valence-corrected chi connectivity index (χ3v) is 3.97. The monoisotopic (exact) mass is 263 g/mol. The first-order valence-corrected chi connectivity index (χ1v) is 7.27. The fourth-order valence-electron chi connectivity index (χ4n) is 1.69. The number of aryl methyl sites for hydroxylation is 1. The third kappa shape index (κ3) is 3.20. The molecule has 5 heteroatoms. The first-order valence-electron chi connectivity index (χ1n) is 5.95. The van der Waals surface area contributed by atoms with E-state index in [0.717, 1.165) is 29.3 Å². The van der Waals surface area contributed by atoms with Crippen LogP contribution in [0.2, 0.25) is 0 Å². The number of nitrogens with one attached hydrogen (secondary N) is 1. The summed E-state index contributed by atoms with van der Waals surface area (Å²) in [6, 6.07) is 7.13. The third-order valence-electron chi connectivity index (χ3n) is 2.60. The largest absolute Gasteiger partial charge is 0.399 e. The first-order chi connectivity index (χ1) is 8.69. The van der Waals surface area contributed by atoms with Crippen LogP contribution in [0, 0.1) is 0 Å². The Labute approximate surface area is 109 Å². The quantitative estimate of drug-likeness (QED) is 0.813. The van der Waals surface area contributed by atoms with E-state index < -0.39 is 10.8 Å². The normalized spacial score (nSPS) is 12.5. The fourth-order valence-corrected chi connectivity index (χ4v) is 2.72. The lowest BCUT2D eigenvalue weighted by Crippen LogP contribution is -1.97. The summed E-state index contributed by atoms with van der Waals surface area (Å²) in [5, 5.41) is 0. The Hall–Kier alpha value is -1.62. The summed E-state index contributed by atoms with van der Waals surface area (Å²) in [5.74, 6) is 1.42. The number of aromatic nitrogens is 2. The standard InChI is InChI=1S/C13H17N3OS/c1-2-3-13-15-8-11(16-13)9-18(17)12-6-4-10(14)5-7-12/h4-8H,2-3,9,14H2,1H3,(H,15,16). The van der Waals surface area contributed by atoms with Gasteiger partial charge in [0.15, 0.2) is 0 Å². The van der Waals surface area contributed by atoms with Gasteiger partial charge in [-0.2, -0.15) is 0 Å². The van der Waals surface area contributed by atoms with Gasteiger partial charge >= 0.3 is 0 Å². The number of imidazole rings is 1. The zero-order valence-corrected chi connectivity index (χ0v) is 11.2. The van der Waals surface area contributed by atoms with Gasteiger partial charge in [-0.15, -0.1) is 0 Å². The summed E-state index contributed by atoms with van der Waals surface area (Å²) in [7, 11) is -1.06. The lowest BCUT2D eigenvalue weighted by atomic mass is 10.3. The van der Waals surface area contributed by atoms with Crippen LogP contribution in [0.15, 0.2) is 35.4 Å². The zero-order valence-electron chi connectivity index (χ0n) is 10.3. The molecule has 1 atom stereocenters. The summed E-state index contributed by atoms with van der Waals surface area (Å²) in [6.07, 6.45) is 3.74. The Bertz CT molecular complexity index is 533. The number of H-pyrrole nitrogens is 1. The van der Waals surface area contributed by atoms with Crippen molar-refractivity contribution < 1.29 is 4.21 Å². The van der Waals surface area contributed by atoms with E-state index in [-0.39, 0.29) is 0 Å².